The number of benzene rings is 1. The zero-order chi connectivity index (χ0) is 13.0. The quantitative estimate of drug-likeness (QED) is 0.890. The second-order valence-corrected chi connectivity index (χ2v) is 3.93. The molecular weight excluding hydrogens is 240 g/mol. The molecule has 0 atom stereocenters. The fourth-order valence-corrected chi connectivity index (χ4v) is 1.65. The van der Waals surface area contributed by atoms with Gasteiger partial charge in [0.15, 0.2) is 0 Å². The van der Waals surface area contributed by atoms with Crippen molar-refractivity contribution >= 4 is 0 Å². The highest BCUT2D eigenvalue weighted by atomic mass is 19.3. The molecule has 0 amide bonds. The highest BCUT2D eigenvalue weighted by Gasteiger charge is 2.10. The minimum atomic E-state index is -2.49. The number of aliphatic hydroxyl groups excluding tert-OH is 1. The van der Waals surface area contributed by atoms with Gasteiger partial charge in [-0.1, -0.05) is 23.4 Å². The van der Waals surface area contributed by atoms with E-state index >= 15 is 0 Å². The predicted octanol–water partition coefficient (Wildman–Crippen LogP) is 3.20. The van der Waals surface area contributed by atoms with E-state index in [2.05, 4.69) is 5.16 Å². The van der Waals surface area contributed by atoms with Gasteiger partial charge < -0.3 is 9.63 Å². The SMILES string of the molecule is OCCCc1cc(-c2cccc(C(F)F)c2)no1. The molecule has 0 aliphatic rings. The van der Waals surface area contributed by atoms with Crippen LogP contribution in [0, 0.1) is 0 Å². The molecule has 1 aromatic heterocycles. The van der Waals surface area contributed by atoms with Crippen molar-refractivity contribution in [2.75, 3.05) is 6.61 Å². The number of hydrogen-bond acceptors (Lipinski definition) is 3. The average Bonchev–Trinajstić information content (AvgIpc) is 2.85. The third-order valence-electron chi connectivity index (χ3n) is 2.57. The van der Waals surface area contributed by atoms with Gasteiger partial charge in [0.25, 0.3) is 6.43 Å². The van der Waals surface area contributed by atoms with Gasteiger partial charge in [0, 0.05) is 30.2 Å². The van der Waals surface area contributed by atoms with Gasteiger partial charge in [0.05, 0.1) is 0 Å². The summed E-state index contributed by atoms with van der Waals surface area (Å²) in [6.45, 7) is 0.0803. The normalized spacial score (nSPS) is 11.1. The van der Waals surface area contributed by atoms with E-state index < -0.39 is 6.43 Å². The first-order valence-electron chi connectivity index (χ1n) is 5.65. The molecule has 2 aromatic rings. The van der Waals surface area contributed by atoms with Gasteiger partial charge in [-0.2, -0.15) is 0 Å². The average molecular weight is 253 g/mol. The largest absolute Gasteiger partial charge is 0.396 e. The number of aliphatic hydroxyl groups is 1. The van der Waals surface area contributed by atoms with Crippen LogP contribution in [0.15, 0.2) is 34.9 Å². The zero-order valence-electron chi connectivity index (χ0n) is 9.64. The van der Waals surface area contributed by atoms with Crippen LogP contribution in [0.4, 0.5) is 8.78 Å². The van der Waals surface area contributed by atoms with E-state index in [-0.39, 0.29) is 12.2 Å². The van der Waals surface area contributed by atoms with Gasteiger partial charge in [-0.25, -0.2) is 8.78 Å². The Morgan fingerprint density at radius 3 is 2.83 bits per heavy atom. The molecule has 1 N–H and O–H groups in total. The summed E-state index contributed by atoms with van der Waals surface area (Å²) < 4.78 is 30.2. The maximum Gasteiger partial charge on any atom is 0.263 e. The molecule has 1 heterocycles. The number of aryl methyl sites for hydroxylation is 1. The van der Waals surface area contributed by atoms with Crippen LogP contribution in [0.3, 0.4) is 0 Å². The fourth-order valence-electron chi connectivity index (χ4n) is 1.65. The summed E-state index contributed by atoms with van der Waals surface area (Å²) in [7, 11) is 0. The predicted molar refractivity (Wildman–Crippen MR) is 62.3 cm³/mol. The van der Waals surface area contributed by atoms with Gasteiger partial charge in [0.2, 0.25) is 0 Å². The third kappa shape index (κ3) is 2.92. The smallest absolute Gasteiger partial charge is 0.263 e. The molecule has 96 valence electrons. The summed E-state index contributed by atoms with van der Waals surface area (Å²) in [6.07, 6.45) is -1.32. The van der Waals surface area contributed by atoms with Crippen molar-refractivity contribution in [1.82, 2.24) is 5.16 Å². The zero-order valence-corrected chi connectivity index (χ0v) is 9.64. The third-order valence-corrected chi connectivity index (χ3v) is 2.57. The number of hydrogen-bond donors (Lipinski definition) is 1. The summed E-state index contributed by atoms with van der Waals surface area (Å²) in [4.78, 5) is 0. The van der Waals surface area contributed by atoms with Crippen molar-refractivity contribution < 1.29 is 18.4 Å². The van der Waals surface area contributed by atoms with Gasteiger partial charge in [-0.3, -0.25) is 0 Å². The van der Waals surface area contributed by atoms with Crippen molar-refractivity contribution in [2.45, 2.75) is 19.3 Å². The molecule has 0 aliphatic carbocycles. The molecule has 0 unspecified atom stereocenters. The van der Waals surface area contributed by atoms with Crippen LogP contribution in [-0.4, -0.2) is 16.9 Å². The topological polar surface area (TPSA) is 46.3 Å². The highest BCUT2D eigenvalue weighted by molar-refractivity contribution is 5.59. The summed E-state index contributed by atoms with van der Waals surface area (Å²) >= 11 is 0. The molecule has 18 heavy (non-hydrogen) atoms. The maximum atomic E-state index is 12.6. The monoisotopic (exact) mass is 253 g/mol. The van der Waals surface area contributed by atoms with Crippen LogP contribution in [0.5, 0.6) is 0 Å². The van der Waals surface area contributed by atoms with E-state index in [0.717, 1.165) is 0 Å². The fraction of sp³-hybridized carbons (Fsp3) is 0.308. The summed E-state index contributed by atoms with van der Waals surface area (Å²) in [6, 6.07) is 7.76. The molecule has 0 spiro atoms. The Morgan fingerprint density at radius 1 is 1.28 bits per heavy atom. The molecule has 0 radical (unpaired) electrons. The van der Waals surface area contributed by atoms with E-state index in [1.165, 1.54) is 12.1 Å². The lowest BCUT2D eigenvalue weighted by Crippen LogP contribution is -1.86. The minimum Gasteiger partial charge on any atom is -0.396 e. The second kappa shape index (κ2) is 5.73. The number of alkyl halides is 2. The van der Waals surface area contributed by atoms with Gasteiger partial charge in [-0.15, -0.1) is 0 Å². The van der Waals surface area contributed by atoms with Gasteiger partial charge in [-0.05, 0) is 12.5 Å². The van der Waals surface area contributed by atoms with Crippen molar-refractivity contribution in [2.24, 2.45) is 0 Å². The molecule has 0 saturated heterocycles. The molecule has 0 aliphatic heterocycles. The van der Waals surface area contributed by atoms with Crippen LogP contribution in [0.25, 0.3) is 11.3 Å². The van der Waals surface area contributed by atoms with Crippen LogP contribution < -0.4 is 0 Å². The Labute approximate surface area is 103 Å². The van der Waals surface area contributed by atoms with Crippen molar-refractivity contribution in [3.63, 3.8) is 0 Å². The Bertz CT molecular complexity index is 511. The lowest BCUT2D eigenvalue weighted by molar-refractivity contribution is 0.151. The van der Waals surface area contributed by atoms with Crippen molar-refractivity contribution in [3.05, 3.63) is 41.7 Å². The Morgan fingerprint density at radius 2 is 2.11 bits per heavy atom. The number of halogens is 2. The molecule has 5 heteroatoms. The van der Waals surface area contributed by atoms with E-state index in [0.29, 0.717) is 29.9 Å². The summed E-state index contributed by atoms with van der Waals surface area (Å²) in [5, 5.41) is 12.5. The first kappa shape index (κ1) is 12.7. The molecule has 1 aromatic carbocycles. The first-order valence-corrected chi connectivity index (χ1v) is 5.65. The van der Waals surface area contributed by atoms with Gasteiger partial charge in [0.1, 0.15) is 11.5 Å². The van der Waals surface area contributed by atoms with Crippen LogP contribution in [-0.2, 0) is 6.42 Å². The molecular formula is C13H13F2NO2. The van der Waals surface area contributed by atoms with Crippen molar-refractivity contribution in [3.8, 4) is 11.3 Å². The Kier molecular flexibility index (Phi) is 4.04. The van der Waals surface area contributed by atoms with Crippen LogP contribution in [0.1, 0.15) is 24.2 Å². The number of aromatic nitrogens is 1. The standard InChI is InChI=1S/C13H13F2NO2/c14-13(15)10-4-1-3-9(7-10)12-8-11(18-16-12)5-2-6-17/h1,3-4,7-8,13,17H,2,5-6H2. The lowest BCUT2D eigenvalue weighted by Gasteiger charge is -2.00. The van der Waals surface area contributed by atoms with Crippen LogP contribution >= 0.6 is 0 Å². The van der Waals surface area contributed by atoms with E-state index in [1.807, 2.05) is 0 Å². The lowest BCUT2D eigenvalue weighted by atomic mass is 10.1. The molecule has 2 rings (SSSR count). The second-order valence-electron chi connectivity index (χ2n) is 3.93. The van der Waals surface area contributed by atoms with Crippen LogP contribution in [0.2, 0.25) is 0 Å². The molecule has 3 nitrogen and oxygen atoms in total. The molecule has 0 saturated carbocycles. The first-order chi connectivity index (χ1) is 8.70. The number of nitrogens with zero attached hydrogens (tertiary/aromatic N) is 1. The van der Waals surface area contributed by atoms with Gasteiger partial charge >= 0.3 is 0 Å². The highest BCUT2D eigenvalue weighted by Crippen LogP contribution is 2.25. The van der Waals surface area contributed by atoms with E-state index in [1.54, 1.807) is 18.2 Å². The summed E-state index contributed by atoms with van der Waals surface area (Å²) in [5.74, 6) is 0.640. The Balaban J connectivity index is 2.20. The van der Waals surface area contributed by atoms with E-state index in [4.69, 9.17) is 9.63 Å². The summed E-state index contributed by atoms with van der Waals surface area (Å²) in [5.41, 5.74) is 1.10. The minimum absolute atomic E-state index is 0.0348. The molecule has 0 fully saturated rings. The number of rotatable bonds is 5. The maximum absolute atomic E-state index is 12.6. The molecule has 0 bridgehead atoms. The van der Waals surface area contributed by atoms with Crippen molar-refractivity contribution in [1.29, 1.82) is 0 Å². The van der Waals surface area contributed by atoms with E-state index in [9.17, 15) is 8.78 Å². The Hall–Kier alpha value is -1.75.